The van der Waals surface area contributed by atoms with E-state index in [-0.39, 0.29) is 5.92 Å². The van der Waals surface area contributed by atoms with Crippen LogP contribution in [0.5, 0.6) is 0 Å². The van der Waals surface area contributed by atoms with Gasteiger partial charge in [-0.1, -0.05) is 61.5 Å². The van der Waals surface area contributed by atoms with E-state index in [2.05, 4.69) is 39.4 Å². The predicted molar refractivity (Wildman–Crippen MR) is 107 cm³/mol. The number of aryl methyl sites for hydroxylation is 1. The molecule has 28 heavy (non-hydrogen) atoms. The summed E-state index contributed by atoms with van der Waals surface area (Å²) in [6.45, 7) is 2.37. The van der Waals surface area contributed by atoms with Gasteiger partial charge in [-0.2, -0.15) is 10.2 Å². The van der Waals surface area contributed by atoms with Gasteiger partial charge in [0.2, 0.25) is 0 Å². The van der Waals surface area contributed by atoms with E-state index in [1.54, 1.807) is 17.2 Å². The number of aliphatic hydroxyl groups is 1. The van der Waals surface area contributed by atoms with E-state index in [1.165, 1.54) is 6.33 Å². The molecule has 0 aliphatic rings. The van der Waals surface area contributed by atoms with Crippen molar-refractivity contribution in [1.82, 2.24) is 24.5 Å². The van der Waals surface area contributed by atoms with E-state index in [1.807, 2.05) is 55.1 Å². The van der Waals surface area contributed by atoms with Crippen LogP contribution in [-0.2, 0) is 19.2 Å². The first-order valence-electron chi connectivity index (χ1n) is 9.26. The average Bonchev–Trinajstić information content (AvgIpc) is 3.40. The summed E-state index contributed by atoms with van der Waals surface area (Å²) in [6.07, 6.45) is 4.91. The first-order valence-corrected chi connectivity index (χ1v) is 9.26. The highest BCUT2D eigenvalue weighted by atomic mass is 16.3. The Bertz CT molecular complexity index is 1020. The summed E-state index contributed by atoms with van der Waals surface area (Å²) in [7, 11) is 1.93. The standard InChI is InChI=1S/C22H23N5O/c1-17(18-8-10-19(11-9-18)21-12-13-24-26(21)2)22(28,14-27-16-23-15-25-27)20-6-4-3-5-7-20/h3-13,15-17,28H,14H2,1-2H3/t17-,22+/m0/s1. The third-order valence-electron chi connectivity index (χ3n) is 5.39. The fraction of sp³-hybridized carbons (Fsp3) is 0.227. The number of hydrogen-bond donors (Lipinski definition) is 1. The zero-order valence-corrected chi connectivity index (χ0v) is 16.0. The molecule has 0 radical (unpaired) electrons. The number of nitrogens with zero attached hydrogens (tertiary/aromatic N) is 5. The Morgan fingerprint density at radius 3 is 2.36 bits per heavy atom. The average molecular weight is 373 g/mol. The molecule has 1 N–H and O–H groups in total. The lowest BCUT2D eigenvalue weighted by Gasteiger charge is -2.35. The van der Waals surface area contributed by atoms with Crippen LogP contribution in [0, 0.1) is 0 Å². The molecule has 2 heterocycles. The lowest BCUT2D eigenvalue weighted by molar-refractivity contribution is -0.00799. The maximum atomic E-state index is 11.8. The predicted octanol–water partition coefficient (Wildman–Crippen LogP) is 3.37. The van der Waals surface area contributed by atoms with Crippen molar-refractivity contribution in [2.24, 2.45) is 7.05 Å². The molecule has 142 valence electrons. The van der Waals surface area contributed by atoms with Crippen LogP contribution in [-0.4, -0.2) is 29.7 Å². The maximum absolute atomic E-state index is 11.8. The van der Waals surface area contributed by atoms with Crippen molar-refractivity contribution in [3.05, 3.63) is 90.6 Å². The van der Waals surface area contributed by atoms with Crippen molar-refractivity contribution < 1.29 is 5.11 Å². The summed E-state index contributed by atoms with van der Waals surface area (Å²) >= 11 is 0. The third-order valence-corrected chi connectivity index (χ3v) is 5.39. The van der Waals surface area contributed by atoms with Gasteiger partial charge in [-0.25, -0.2) is 9.67 Å². The van der Waals surface area contributed by atoms with E-state index in [9.17, 15) is 5.11 Å². The van der Waals surface area contributed by atoms with Gasteiger partial charge in [-0.05, 0) is 22.8 Å². The highest BCUT2D eigenvalue weighted by Gasteiger charge is 2.37. The van der Waals surface area contributed by atoms with Gasteiger partial charge >= 0.3 is 0 Å². The Balaban J connectivity index is 1.69. The number of rotatable bonds is 6. The van der Waals surface area contributed by atoms with Gasteiger partial charge in [0.25, 0.3) is 0 Å². The Hall–Kier alpha value is -3.25. The molecule has 2 aromatic carbocycles. The normalized spacial score (nSPS) is 14.5. The van der Waals surface area contributed by atoms with Gasteiger partial charge in [-0.3, -0.25) is 4.68 Å². The highest BCUT2D eigenvalue weighted by molar-refractivity contribution is 5.59. The molecule has 0 aliphatic heterocycles. The minimum absolute atomic E-state index is 0.153. The first kappa shape index (κ1) is 18.1. The second kappa shape index (κ2) is 7.40. The number of hydrogen-bond acceptors (Lipinski definition) is 4. The Labute approximate surface area is 164 Å². The molecule has 0 amide bonds. The molecule has 6 nitrogen and oxygen atoms in total. The SMILES string of the molecule is C[C@@H](c1ccc(-c2ccnn2C)cc1)[C@](O)(Cn1cncn1)c1ccccc1. The number of aromatic nitrogens is 5. The minimum atomic E-state index is -1.12. The van der Waals surface area contributed by atoms with Crippen LogP contribution in [0.25, 0.3) is 11.3 Å². The highest BCUT2D eigenvalue weighted by Crippen LogP contribution is 2.38. The van der Waals surface area contributed by atoms with Crippen LogP contribution in [0.15, 0.2) is 79.5 Å². The molecule has 0 bridgehead atoms. The summed E-state index contributed by atoms with van der Waals surface area (Å²) in [4.78, 5) is 4.01. The van der Waals surface area contributed by atoms with Crippen LogP contribution in [0.2, 0.25) is 0 Å². The first-order chi connectivity index (χ1) is 13.6. The fourth-order valence-electron chi connectivity index (χ4n) is 3.64. The molecule has 4 aromatic rings. The van der Waals surface area contributed by atoms with Crippen molar-refractivity contribution in [2.75, 3.05) is 0 Å². The lowest BCUT2D eigenvalue weighted by Crippen LogP contribution is -2.37. The van der Waals surface area contributed by atoms with E-state index in [0.29, 0.717) is 6.54 Å². The lowest BCUT2D eigenvalue weighted by atomic mass is 9.78. The Morgan fingerprint density at radius 1 is 1.00 bits per heavy atom. The van der Waals surface area contributed by atoms with Crippen molar-refractivity contribution in [2.45, 2.75) is 25.0 Å². The quantitative estimate of drug-likeness (QED) is 0.563. The second-order valence-electron chi connectivity index (χ2n) is 7.07. The second-order valence-corrected chi connectivity index (χ2v) is 7.07. The van der Waals surface area contributed by atoms with Gasteiger partial charge in [0.05, 0.1) is 12.2 Å². The van der Waals surface area contributed by atoms with Crippen LogP contribution in [0.1, 0.15) is 24.0 Å². The molecular formula is C22H23N5O. The molecule has 6 heteroatoms. The van der Waals surface area contributed by atoms with Crippen LogP contribution in [0.3, 0.4) is 0 Å². The minimum Gasteiger partial charge on any atom is -0.383 e. The smallest absolute Gasteiger partial charge is 0.137 e. The van der Waals surface area contributed by atoms with Crippen molar-refractivity contribution in [3.63, 3.8) is 0 Å². The molecule has 0 unspecified atom stereocenters. The van der Waals surface area contributed by atoms with Crippen LogP contribution in [0.4, 0.5) is 0 Å². The summed E-state index contributed by atoms with van der Waals surface area (Å²) in [6, 6.07) is 20.0. The zero-order chi connectivity index (χ0) is 19.6. The van der Waals surface area contributed by atoms with Crippen molar-refractivity contribution in [3.8, 4) is 11.3 Å². The monoisotopic (exact) mass is 373 g/mol. The summed E-state index contributed by atoms with van der Waals surface area (Å²) in [5.74, 6) is -0.153. The van der Waals surface area contributed by atoms with E-state index in [4.69, 9.17) is 0 Å². The van der Waals surface area contributed by atoms with Gasteiger partial charge < -0.3 is 5.11 Å². The molecule has 0 saturated carbocycles. The zero-order valence-electron chi connectivity index (χ0n) is 16.0. The van der Waals surface area contributed by atoms with E-state index < -0.39 is 5.60 Å². The molecule has 2 atom stereocenters. The van der Waals surface area contributed by atoms with Gasteiger partial charge in [-0.15, -0.1) is 0 Å². The molecule has 4 rings (SSSR count). The molecule has 0 fully saturated rings. The summed E-state index contributed by atoms with van der Waals surface area (Å²) in [5.41, 5.74) is 2.94. The van der Waals surface area contributed by atoms with E-state index >= 15 is 0 Å². The van der Waals surface area contributed by atoms with Gasteiger partial charge in [0, 0.05) is 19.2 Å². The Morgan fingerprint density at radius 2 is 1.75 bits per heavy atom. The van der Waals surface area contributed by atoms with Crippen molar-refractivity contribution in [1.29, 1.82) is 0 Å². The van der Waals surface area contributed by atoms with E-state index in [0.717, 1.165) is 22.4 Å². The maximum Gasteiger partial charge on any atom is 0.137 e. The molecule has 0 aliphatic carbocycles. The topological polar surface area (TPSA) is 68.8 Å². The summed E-state index contributed by atoms with van der Waals surface area (Å²) < 4.78 is 3.52. The molecular weight excluding hydrogens is 350 g/mol. The van der Waals surface area contributed by atoms with Crippen LogP contribution >= 0.6 is 0 Å². The molecule has 0 spiro atoms. The van der Waals surface area contributed by atoms with Crippen molar-refractivity contribution >= 4 is 0 Å². The van der Waals surface area contributed by atoms with Gasteiger partial charge in [0.1, 0.15) is 18.3 Å². The van der Waals surface area contributed by atoms with Gasteiger partial charge in [0.15, 0.2) is 0 Å². The molecule has 2 aromatic heterocycles. The largest absolute Gasteiger partial charge is 0.383 e. The third kappa shape index (κ3) is 3.34. The number of benzene rings is 2. The Kier molecular flexibility index (Phi) is 4.79. The molecule has 0 saturated heterocycles. The van der Waals surface area contributed by atoms with Crippen LogP contribution < -0.4 is 0 Å². The summed E-state index contributed by atoms with van der Waals surface area (Å²) in [5, 5.41) is 20.2. The fourth-order valence-corrected chi connectivity index (χ4v) is 3.64.